The molecular formula is C19H18FNO3S. The van der Waals surface area contributed by atoms with Crippen LogP contribution in [0.4, 0.5) is 10.1 Å². The number of anilines is 1. The molecule has 1 aliphatic heterocycles. The van der Waals surface area contributed by atoms with Crippen molar-refractivity contribution in [2.75, 3.05) is 10.7 Å². The zero-order chi connectivity index (χ0) is 18.2. The molecule has 0 N–H and O–H groups in total. The first-order valence-electron chi connectivity index (χ1n) is 7.84. The SMILES string of the molecule is Cc1ccc(N(C(=O)c2cccc(F)c2)[C@H]2C=CS(=O)(=O)C2)cc1C. The molecule has 130 valence electrons. The molecule has 1 amide bonds. The van der Waals surface area contributed by atoms with Crippen LogP contribution >= 0.6 is 0 Å². The number of amides is 1. The Morgan fingerprint density at radius 2 is 1.88 bits per heavy atom. The molecule has 0 saturated heterocycles. The average molecular weight is 359 g/mol. The number of benzene rings is 2. The molecule has 0 saturated carbocycles. The zero-order valence-electron chi connectivity index (χ0n) is 13.9. The lowest BCUT2D eigenvalue weighted by molar-refractivity contribution is 0.0982. The third-order valence-corrected chi connectivity index (χ3v) is 5.68. The van der Waals surface area contributed by atoms with Crippen LogP contribution in [0.2, 0.25) is 0 Å². The standard InChI is InChI=1S/C19H18FNO3S/c1-13-6-7-17(10-14(13)2)21(18-8-9-25(23,24)12-18)19(22)15-4-3-5-16(20)11-15/h3-11,18H,12H2,1-2H3/t18-/m0/s1. The number of hydrogen-bond donors (Lipinski definition) is 0. The summed E-state index contributed by atoms with van der Waals surface area (Å²) in [6.07, 6.45) is 1.50. The molecule has 3 rings (SSSR count). The van der Waals surface area contributed by atoms with Crippen molar-refractivity contribution in [3.8, 4) is 0 Å². The highest BCUT2D eigenvalue weighted by molar-refractivity contribution is 7.94. The maximum atomic E-state index is 13.5. The van der Waals surface area contributed by atoms with Crippen molar-refractivity contribution in [2.45, 2.75) is 19.9 Å². The van der Waals surface area contributed by atoms with Crippen LogP contribution in [0.5, 0.6) is 0 Å². The quantitative estimate of drug-likeness (QED) is 0.844. The number of sulfone groups is 1. The second-order valence-electron chi connectivity index (χ2n) is 6.18. The molecular weight excluding hydrogens is 341 g/mol. The zero-order valence-corrected chi connectivity index (χ0v) is 14.8. The highest BCUT2D eigenvalue weighted by Gasteiger charge is 2.32. The van der Waals surface area contributed by atoms with E-state index in [-0.39, 0.29) is 11.3 Å². The van der Waals surface area contributed by atoms with E-state index in [4.69, 9.17) is 0 Å². The van der Waals surface area contributed by atoms with Gasteiger partial charge in [-0.3, -0.25) is 4.79 Å². The van der Waals surface area contributed by atoms with Gasteiger partial charge in [-0.2, -0.15) is 0 Å². The molecule has 0 spiro atoms. The van der Waals surface area contributed by atoms with Crippen molar-refractivity contribution in [2.24, 2.45) is 0 Å². The van der Waals surface area contributed by atoms with Crippen molar-refractivity contribution in [1.82, 2.24) is 0 Å². The molecule has 2 aromatic rings. The number of halogens is 1. The van der Waals surface area contributed by atoms with Crippen LogP contribution in [0.1, 0.15) is 21.5 Å². The van der Waals surface area contributed by atoms with E-state index in [9.17, 15) is 17.6 Å². The highest BCUT2D eigenvalue weighted by atomic mass is 32.2. The Morgan fingerprint density at radius 3 is 2.48 bits per heavy atom. The Kier molecular flexibility index (Phi) is 4.47. The molecule has 4 nitrogen and oxygen atoms in total. The lowest BCUT2D eigenvalue weighted by atomic mass is 10.1. The molecule has 1 atom stereocenters. The summed E-state index contributed by atoms with van der Waals surface area (Å²) in [5.41, 5.74) is 2.82. The first-order valence-corrected chi connectivity index (χ1v) is 9.56. The van der Waals surface area contributed by atoms with Crippen LogP contribution in [0, 0.1) is 19.7 Å². The molecule has 0 radical (unpaired) electrons. The molecule has 2 aromatic carbocycles. The van der Waals surface area contributed by atoms with E-state index >= 15 is 0 Å². The van der Waals surface area contributed by atoms with Gasteiger partial charge in [0.1, 0.15) is 5.82 Å². The topological polar surface area (TPSA) is 54.5 Å². The van der Waals surface area contributed by atoms with E-state index in [0.29, 0.717) is 5.69 Å². The average Bonchev–Trinajstić information content (AvgIpc) is 2.90. The minimum atomic E-state index is -3.34. The van der Waals surface area contributed by atoms with Gasteiger partial charge in [-0.15, -0.1) is 0 Å². The summed E-state index contributed by atoms with van der Waals surface area (Å²) < 4.78 is 37.2. The van der Waals surface area contributed by atoms with E-state index in [2.05, 4.69) is 0 Å². The summed E-state index contributed by atoms with van der Waals surface area (Å²) in [5, 5.41) is 1.13. The molecule has 25 heavy (non-hydrogen) atoms. The summed E-state index contributed by atoms with van der Waals surface area (Å²) in [5.74, 6) is -1.13. The van der Waals surface area contributed by atoms with Crippen molar-refractivity contribution in [3.63, 3.8) is 0 Å². The normalized spacial score (nSPS) is 18.3. The monoisotopic (exact) mass is 359 g/mol. The van der Waals surface area contributed by atoms with Gasteiger partial charge in [-0.1, -0.05) is 12.1 Å². The van der Waals surface area contributed by atoms with Crippen LogP contribution in [0.3, 0.4) is 0 Å². The van der Waals surface area contributed by atoms with Gasteiger partial charge in [-0.05, 0) is 61.4 Å². The molecule has 0 aromatic heterocycles. The molecule has 0 fully saturated rings. The highest BCUT2D eigenvalue weighted by Crippen LogP contribution is 2.27. The fourth-order valence-electron chi connectivity index (χ4n) is 2.82. The maximum absolute atomic E-state index is 13.5. The fourth-order valence-corrected chi connectivity index (χ4v) is 4.08. The molecule has 0 unspecified atom stereocenters. The minimum Gasteiger partial charge on any atom is -0.300 e. The second kappa shape index (κ2) is 6.44. The molecule has 6 heteroatoms. The van der Waals surface area contributed by atoms with E-state index in [0.717, 1.165) is 22.6 Å². The smallest absolute Gasteiger partial charge is 0.258 e. The Morgan fingerprint density at radius 1 is 1.12 bits per heavy atom. The van der Waals surface area contributed by atoms with Gasteiger partial charge in [0.15, 0.2) is 9.84 Å². The van der Waals surface area contributed by atoms with Crippen LogP contribution < -0.4 is 4.90 Å². The second-order valence-corrected chi connectivity index (χ2v) is 8.11. The Bertz CT molecular complexity index is 966. The lowest BCUT2D eigenvalue weighted by Crippen LogP contribution is -2.41. The number of aryl methyl sites for hydroxylation is 2. The van der Waals surface area contributed by atoms with Crippen molar-refractivity contribution in [3.05, 3.63) is 76.5 Å². The summed E-state index contributed by atoms with van der Waals surface area (Å²) in [4.78, 5) is 14.4. The van der Waals surface area contributed by atoms with Gasteiger partial charge in [0, 0.05) is 16.7 Å². The Balaban J connectivity index is 2.07. The first kappa shape index (κ1) is 17.4. The number of hydrogen-bond acceptors (Lipinski definition) is 3. The lowest BCUT2D eigenvalue weighted by Gasteiger charge is -2.28. The summed E-state index contributed by atoms with van der Waals surface area (Å²) >= 11 is 0. The number of nitrogens with zero attached hydrogens (tertiary/aromatic N) is 1. The molecule has 0 aliphatic carbocycles. The summed E-state index contributed by atoms with van der Waals surface area (Å²) in [6, 6.07) is 10.3. The van der Waals surface area contributed by atoms with Crippen molar-refractivity contribution >= 4 is 21.4 Å². The van der Waals surface area contributed by atoms with E-state index in [1.807, 2.05) is 26.0 Å². The van der Waals surface area contributed by atoms with Crippen molar-refractivity contribution in [1.29, 1.82) is 0 Å². The molecule has 1 heterocycles. The predicted octanol–water partition coefficient (Wildman–Crippen LogP) is 3.40. The van der Waals surface area contributed by atoms with E-state index in [1.54, 1.807) is 6.07 Å². The van der Waals surface area contributed by atoms with Crippen LogP contribution in [-0.4, -0.2) is 26.1 Å². The van der Waals surface area contributed by atoms with Gasteiger partial charge >= 0.3 is 0 Å². The van der Waals surface area contributed by atoms with E-state index < -0.39 is 27.6 Å². The summed E-state index contributed by atoms with van der Waals surface area (Å²) in [7, 11) is -3.34. The summed E-state index contributed by atoms with van der Waals surface area (Å²) in [6.45, 7) is 3.88. The van der Waals surface area contributed by atoms with Gasteiger partial charge in [0.2, 0.25) is 0 Å². The van der Waals surface area contributed by atoms with Crippen LogP contribution in [-0.2, 0) is 9.84 Å². The molecule has 1 aliphatic rings. The van der Waals surface area contributed by atoms with E-state index in [1.165, 1.54) is 29.2 Å². The fraction of sp³-hybridized carbons (Fsp3) is 0.211. The predicted molar refractivity (Wildman–Crippen MR) is 95.8 cm³/mol. The third kappa shape index (κ3) is 3.64. The van der Waals surface area contributed by atoms with Crippen LogP contribution in [0.15, 0.2) is 53.9 Å². The Labute approximate surface area is 146 Å². The van der Waals surface area contributed by atoms with Gasteiger partial charge in [0.25, 0.3) is 5.91 Å². The number of rotatable bonds is 3. The Hall–Kier alpha value is -2.47. The van der Waals surface area contributed by atoms with Gasteiger partial charge < -0.3 is 4.90 Å². The number of carbonyl (C=O) groups is 1. The third-order valence-electron chi connectivity index (χ3n) is 4.30. The maximum Gasteiger partial charge on any atom is 0.258 e. The van der Waals surface area contributed by atoms with Gasteiger partial charge in [-0.25, -0.2) is 12.8 Å². The minimum absolute atomic E-state index is 0.177. The number of carbonyl (C=O) groups excluding carboxylic acids is 1. The van der Waals surface area contributed by atoms with Crippen LogP contribution in [0.25, 0.3) is 0 Å². The van der Waals surface area contributed by atoms with Crippen molar-refractivity contribution < 1.29 is 17.6 Å². The first-order chi connectivity index (χ1) is 11.8. The largest absolute Gasteiger partial charge is 0.300 e. The van der Waals surface area contributed by atoms with Gasteiger partial charge in [0.05, 0.1) is 11.8 Å². The molecule has 0 bridgehead atoms.